The lowest BCUT2D eigenvalue weighted by molar-refractivity contribution is -0.131. The standard InChI is InChI=1S/C30H51ClN2O5S/c1-4-6-7-8-9-10-11-12-13-14-15-16-17-18-19-20-23-33(3)39(36,37)26-21-22-27(31)28(24-26)32-29(38-5-2)25-30(34)35/h21-22,24-25,32H,4-20,23H2,1-3H3,(H,34,35)/b29-25-. The van der Waals surface area contributed by atoms with E-state index in [1.807, 2.05) is 0 Å². The van der Waals surface area contributed by atoms with Gasteiger partial charge in [0, 0.05) is 13.6 Å². The van der Waals surface area contributed by atoms with E-state index < -0.39 is 16.0 Å². The highest BCUT2D eigenvalue weighted by Crippen LogP contribution is 2.28. The van der Waals surface area contributed by atoms with E-state index in [4.69, 9.17) is 21.4 Å². The maximum atomic E-state index is 13.1. The number of aliphatic carboxylic acids is 1. The van der Waals surface area contributed by atoms with Crippen molar-refractivity contribution in [1.29, 1.82) is 0 Å². The Hall–Kier alpha value is -1.77. The smallest absolute Gasteiger partial charge is 0.333 e. The van der Waals surface area contributed by atoms with Crippen molar-refractivity contribution >= 4 is 33.3 Å². The van der Waals surface area contributed by atoms with E-state index in [9.17, 15) is 13.2 Å². The highest BCUT2D eigenvalue weighted by atomic mass is 35.5. The molecule has 1 aromatic rings. The van der Waals surface area contributed by atoms with Gasteiger partial charge in [-0.15, -0.1) is 0 Å². The van der Waals surface area contributed by atoms with Crippen LogP contribution in [0.5, 0.6) is 0 Å². The minimum Gasteiger partial charge on any atom is -0.479 e. The first-order chi connectivity index (χ1) is 18.7. The quantitative estimate of drug-likeness (QED) is 0.0715. The Morgan fingerprint density at radius 1 is 0.897 bits per heavy atom. The number of carboxylic acids is 1. The molecule has 0 heterocycles. The predicted molar refractivity (Wildman–Crippen MR) is 162 cm³/mol. The average molecular weight is 587 g/mol. The molecule has 1 aromatic carbocycles. The van der Waals surface area contributed by atoms with Crippen LogP contribution >= 0.6 is 11.6 Å². The molecule has 0 aliphatic carbocycles. The number of nitrogens with one attached hydrogen (secondary N) is 1. The van der Waals surface area contributed by atoms with Gasteiger partial charge in [-0.05, 0) is 31.5 Å². The molecule has 0 aliphatic heterocycles. The molecule has 0 radical (unpaired) electrons. The van der Waals surface area contributed by atoms with Crippen LogP contribution in [-0.4, -0.2) is 44.0 Å². The second kappa shape index (κ2) is 21.0. The summed E-state index contributed by atoms with van der Waals surface area (Å²) in [5, 5.41) is 12.0. The van der Waals surface area contributed by atoms with Crippen molar-refractivity contribution in [3.63, 3.8) is 0 Å². The van der Waals surface area contributed by atoms with Crippen LogP contribution in [0.2, 0.25) is 5.02 Å². The Bertz CT molecular complexity index is 953. The maximum absolute atomic E-state index is 13.1. The average Bonchev–Trinajstić information content (AvgIpc) is 2.89. The molecule has 0 saturated heterocycles. The topological polar surface area (TPSA) is 95.9 Å². The second-order valence-corrected chi connectivity index (χ2v) is 12.6. The number of halogens is 1. The van der Waals surface area contributed by atoms with E-state index in [2.05, 4.69) is 12.2 Å². The molecule has 9 heteroatoms. The van der Waals surface area contributed by atoms with Gasteiger partial charge in [-0.25, -0.2) is 17.5 Å². The molecule has 39 heavy (non-hydrogen) atoms. The fourth-order valence-electron chi connectivity index (χ4n) is 4.46. The molecule has 7 nitrogen and oxygen atoms in total. The van der Waals surface area contributed by atoms with Crippen LogP contribution < -0.4 is 5.32 Å². The van der Waals surface area contributed by atoms with E-state index in [0.29, 0.717) is 6.54 Å². The number of anilines is 1. The predicted octanol–water partition coefficient (Wildman–Crippen LogP) is 8.60. The van der Waals surface area contributed by atoms with Gasteiger partial charge in [0.15, 0.2) is 5.88 Å². The van der Waals surface area contributed by atoms with Crippen molar-refractivity contribution in [3.05, 3.63) is 35.2 Å². The SMILES string of the molecule is CCCCCCCCCCCCCCCCCCN(C)S(=O)(=O)c1ccc(Cl)c(N/C(=C/C(=O)O)OCC)c1. The van der Waals surface area contributed by atoms with Gasteiger partial charge in [0.05, 0.1) is 28.3 Å². The summed E-state index contributed by atoms with van der Waals surface area (Å²) >= 11 is 6.22. The van der Waals surface area contributed by atoms with Crippen molar-refractivity contribution in [2.75, 3.05) is 25.5 Å². The number of carboxylic acid groups (broad SMARTS) is 1. The Kier molecular flexibility index (Phi) is 19.0. The molecule has 0 saturated carbocycles. The van der Waals surface area contributed by atoms with E-state index in [0.717, 1.165) is 25.3 Å². The summed E-state index contributed by atoms with van der Waals surface area (Å²) < 4.78 is 32.8. The number of rotatable bonds is 24. The van der Waals surface area contributed by atoms with E-state index in [-0.39, 0.29) is 28.1 Å². The van der Waals surface area contributed by atoms with Gasteiger partial charge >= 0.3 is 5.97 Å². The van der Waals surface area contributed by atoms with Crippen molar-refractivity contribution in [3.8, 4) is 0 Å². The zero-order chi connectivity index (χ0) is 28.9. The first-order valence-corrected chi connectivity index (χ1v) is 16.6. The molecule has 0 aromatic heterocycles. The summed E-state index contributed by atoms with van der Waals surface area (Å²) in [6.07, 6.45) is 21.3. The third kappa shape index (κ3) is 15.6. The molecule has 0 amide bonds. The zero-order valence-corrected chi connectivity index (χ0v) is 25.9. The molecule has 224 valence electrons. The zero-order valence-electron chi connectivity index (χ0n) is 24.4. The number of hydrogen-bond donors (Lipinski definition) is 2. The van der Waals surface area contributed by atoms with Crippen LogP contribution in [0.4, 0.5) is 5.69 Å². The third-order valence-corrected chi connectivity index (χ3v) is 8.97. The minimum atomic E-state index is -3.71. The van der Waals surface area contributed by atoms with Crippen LogP contribution in [0.3, 0.4) is 0 Å². The number of unbranched alkanes of at least 4 members (excludes halogenated alkanes) is 15. The molecule has 0 unspecified atom stereocenters. The van der Waals surface area contributed by atoms with Crippen LogP contribution in [0, 0.1) is 0 Å². The van der Waals surface area contributed by atoms with Crippen molar-refractivity contribution < 1.29 is 23.1 Å². The second-order valence-electron chi connectivity index (χ2n) is 10.2. The Balaban J connectivity index is 2.31. The number of sulfonamides is 1. The fourth-order valence-corrected chi connectivity index (χ4v) is 5.86. The van der Waals surface area contributed by atoms with Gasteiger partial charge in [0.1, 0.15) is 0 Å². The Labute approximate surface area is 242 Å². The highest BCUT2D eigenvalue weighted by Gasteiger charge is 2.22. The lowest BCUT2D eigenvalue weighted by Crippen LogP contribution is -2.28. The van der Waals surface area contributed by atoms with Crippen LogP contribution in [0.25, 0.3) is 0 Å². The highest BCUT2D eigenvalue weighted by molar-refractivity contribution is 7.89. The largest absolute Gasteiger partial charge is 0.479 e. The van der Waals surface area contributed by atoms with Crippen LogP contribution in [0.15, 0.2) is 35.1 Å². The van der Waals surface area contributed by atoms with Crippen LogP contribution in [0.1, 0.15) is 117 Å². The third-order valence-electron chi connectivity index (χ3n) is 6.78. The number of benzene rings is 1. The fraction of sp³-hybridized carbons (Fsp3) is 0.700. The van der Waals surface area contributed by atoms with Gasteiger partial charge in [-0.1, -0.05) is 115 Å². The number of nitrogens with zero attached hydrogens (tertiary/aromatic N) is 1. The van der Waals surface area contributed by atoms with Gasteiger partial charge < -0.3 is 15.2 Å². The maximum Gasteiger partial charge on any atom is 0.333 e. The lowest BCUT2D eigenvalue weighted by atomic mass is 10.0. The number of hydrogen-bond acceptors (Lipinski definition) is 5. The normalized spacial score (nSPS) is 12.2. The van der Waals surface area contributed by atoms with Crippen molar-refractivity contribution in [2.45, 2.75) is 121 Å². The monoisotopic (exact) mass is 586 g/mol. The van der Waals surface area contributed by atoms with Gasteiger partial charge in [0.25, 0.3) is 0 Å². The Morgan fingerprint density at radius 2 is 1.38 bits per heavy atom. The molecule has 0 bridgehead atoms. The van der Waals surface area contributed by atoms with Crippen molar-refractivity contribution in [1.82, 2.24) is 4.31 Å². The number of ether oxygens (including phenoxy) is 1. The Morgan fingerprint density at radius 3 is 1.85 bits per heavy atom. The summed E-state index contributed by atoms with van der Waals surface area (Å²) in [4.78, 5) is 11.1. The molecule has 1 rings (SSSR count). The van der Waals surface area contributed by atoms with Crippen molar-refractivity contribution in [2.24, 2.45) is 0 Å². The molecule has 2 N–H and O–H groups in total. The summed E-state index contributed by atoms with van der Waals surface area (Å²) in [5.41, 5.74) is 0.259. The minimum absolute atomic E-state index is 0.0250. The molecule has 0 fully saturated rings. The van der Waals surface area contributed by atoms with Gasteiger partial charge in [-0.3, -0.25) is 0 Å². The van der Waals surface area contributed by atoms with Gasteiger partial charge in [0.2, 0.25) is 10.0 Å². The molecule has 0 spiro atoms. The van der Waals surface area contributed by atoms with E-state index in [1.54, 1.807) is 14.0 Å². The molecular weight excluding hydrogens is 536 g/mol. The first-order valence-electron chi connectivity index (χ1n) is 14.8. The van der Waals surface area contributed by atoms with E-state index >= 15 is 0 Å². The summed E-state index contributed by atoms with van der Waals surface area (Å²) in [5.74, 6) is -1.22. The van der Waals surface area contributed by atoms with E-state index in [1.165, 1.54) is 106 Å². The van der Waals surface area contributed by atoms with Crippen LogP contribution in [-0.2, 0) is 19.6 Å². The molecule has 0 atom stereocenters. The van der Waals surface area contributed by atoms with Gasteiger partial charge in [-0.2, -0.15) is 0 Å². The summed E-state index contributed by atoms with van der Waals surface area (Å²) in [6.45, 7) is 4.66. The summed E-state index contributed by atoms with van der Waals surface area (Å²) in [6, 6.07) is 4.33. The lowest BCUT2D eigenvalue weighted by Gasteiger charge is -2.19. The first kappa shape index (κ1) is 35.3. The summed E-state index contributed by atoms with van der Waals surface area (Å²) in [7, 11) is -2.13. The molecular formula is C30H51ClN2O5S. The number of carbonyl (C=O) groups is 1. The molecule has 0 aliphatic rings.